The minimum Gasteiger partial charge on any atom is -0.497 e. The van der Waals surface area contributed by atoms with Crippen LogP contribution in [0, 0.1) is 10.1 Å². The molecule has 0 spiro atoms. The van der Waals surface area contributed by atoms with Crippen LogP contribution in [-0.2, 0) is 9.53 Å². The van der Waals surface area contributed by atoms with Gasteiger partial charge in [0, 0.05) is 44.4 Å². The molecule has 0 saturated carbocycles. The fourth-order valence-corrected chi connectivity index (χ4v) is 4.53. The lowest BCUT2D eigenvalue weighted by Crippen LogP contribution is -2.42. The van der Waals surface area contributed by atoms with Gasteiger partial charge in [-0.2, -0.15) is 0 Å². The van der Waals surface area contributed by atoms with Gasteiger partial charge in [-0.3, -0.25) is 24.7 Å². The summed E-state index contributed by atoms with van der Waals surface area (Å²) in [5, 5.41) is 11.6. The molecule has 0 unspecified atom stereocenters. The number of fused-ring (bicyclic) bond motifs is 1. The van der Waals surface area contributed by atoms with Crippen molar-refractivity contribution >= 4 is 44.4 Å². The van der Waals surface area contributed by atoms with E-state index in [2.05, 4.69) is 9.88 Å². The van der Waals surface area contributed by atoms with Crippen molar-refractivity contribution in [2.75, 3.05) is 51.4 Å². The highest BCUT2D eigenvalue weighted by Gasteiger charge is 2.20. The zero-order valence-corrected chi connectivity index (χ0v) is 19.0. The van der Waals surface area contributed by atoms with E-state index in [9.17, 15) is 14.9 Å². The Morgan fingerprint density at radius 1 is 1.30 bits per heavy atom. The molecule has 2 heterocycles. The Balaban J connectivity index is 1.58. The number of anilines is 1. The number of hydrogen-bond acceptors (Lipinski definition) is 8. The minimum absolute atomic E-state index is 0.0195. The lowest BCUT2D eigenvalue weighted by Gasteiger charge is -2.28. The summed E-state index contributed by atoms with van der Waals surface area (Å²) in [6, 6.07) is 11.8. The topological polar surface area (TPSA) is 98.0 Å². The van der Waals surface area contributed by atoms with E-state index in [1.54, 1.807) is 30.2 Å². The average Bonchev–Trinajstić information content (AvgIpc) is 3.26. The molecule has 1 aliphatic heterocycles. The van der Waals surface area contributed by atoms with Gasteiger partial charge in [0.2, 0.25) is 0 Å². The number of nitrogens with zero attached hydrogens (tertiary/aromatic N) is 4. The molecule has 0 radical (unpaired) electrons. The summed E-state index contributed by atoms with van der Waals surface area (Å²) in [6.07, 6.45) is 3.03. The van der Waals surface area contributed by atoms with E-state index in [4.69, 9.17) is 9.47 Å². The fourth-order valence-electron chi connectivity index (χ4n) is 3.50. The summed E-state index contributed by atoms with van der Waals surface area (Å²) in [6.45, 7) is 4.17. The van der Waals surface area contributed by atoms with Gasteiger partial charge in [0.15, 0.2) is 5.13 Å². The van der Waals surface area contributed by atoms with Crippen LogP contribution in [0.5, 0.6) is 5.75 Å². The molecule has 1 fully saturated rings. The van der Waals surface area contributed by atoms with E-state index >= 15 is 0 Å². The van der Waals surface area contributed by atoms with Crippen molar-refractivity contribution in [3.8, 4) is 5.75 Å². The van der Waals surface area contributed by atoms with Gasteiger partial charge in [-0.1, -0.05) is 23.5 Å². The number of morpholine rings is 1. The summed E-state index contributed by atoms with van der Waals surface area (Å²) < 4.78 is 11.6. The van der Waals surface area contributed by atoms with E-state index in [-0.39, 0.29) is 11.6 Å². The van der Waals surface area contributed by atoms with Gasteiger partial charge in [-0.25, -0.2) is 4.98 Å². The number of thiazole rings is 1. The van der Waals surface area contributed by atoms with Crippen LogP contribution in [0.4, 0.5) is 10.8 Å². The van der Waals surface area contributed by atoms with Crippen LogP contribution < -0.4 is 9.64 Å². The van der Waals surface area contributed by atoms with Crippen molar-refractivity contribution < 1.29 is 19.2 Å². The molecule has 0 aliphatic carbocycles. The third-order valence-electron chi connectivity index (χ3n) is 5.32. The van der Waals surface area contributed by atoms with Crippen LogP contribution in [0.1, 0.15) is 5.56 Å². The number of amides is 1. The lowest BCUT2D eigenvalue weighted by molar-refractivity contribution is -0.384. The minimum atomic E-state index is -0.455. The highest BCUT2D eigenvalue weighted by Crippen LogP contribution is 2.31. The van der Waals surface area contributed by atoms with Crippen molar-refractivity contribution in [2.45, 2.75) is 0 Å². The van der Waals surface area contributed by atoms with Gasteiger partial charge >= 0.3 is 0 Å². The Bertz CT molecular complexity index is 1170. The quantitative estimate of drug-likeness (QED) is 0.283. The molecule has 1 aromatic heterocycles. The number of non-ortho nitro benzene ring substituents is 1. The number of rotatable bonds is 8. The normalized spacial score (nSPS) is 14.6. The largest absolute Gasteiger partial charge is 0.497 e. The maximum absolute atomic E-state index is 13.2. The van der Waals surface area contributed by atoms with E-state index in [0.717, 1.165) is 29.1 Å². The van der Waals surface area contributed by atoms with E-state index in [0.29, 0.717) is 37.0 Å². The Morgan fingerprint density at radius 2 is 2.12 bits per heavy atom. The molecule has 2 aromatic carbocycles. The van der Waals surface area contributed by atoms with Crippen molar-refractivity contribution in [3.63, 3.8) is 0 Å². The number of aromatic nitrogens is 1. The maximum atomic E-state index is 13.2. The van der Waals surface area contributed by atoms with Gasteiger partial charge in [-0.15, -0.1) is 0 Å². The van der Waals surface area contributed by atoms with E-state index in [1.807, 2.05) is 18.2 Å². The first-order valence-electron chi connectivity index (χ1n) is 10.5. The molecule has 1 amide bonds. The Hall–Kier alpha value is -3.34. The SMILES string of the molecule is COc1ccc2nc(N(CCN3CCOCC3)C(=O)/C=C/c3cccc([N+](=O)[O-])c3)sc2c1. The zero-order chi connectivity index (χ0) is 23.2. The van der Waals surface area contributed by atoms with Crippen LogP contribution in [0.25, 0.3) is 16.3 Å². The van der Waals surface area contributed by atoms with Gasteiger partial charge in [0.1, 0.15) is 5.75 Å². The zero-order valence-electron chi connectivity index (χ0n) is 18.2. The second kappa shape index (κ2) is 10.5. The second-order valence-corrected chi connectivity index (χ2v) is 8.47. The third kappa shape index (κ3) is 5.72. The van der Waals surface area contributed by atoms with Crippen LogP contribution in [0.3, 0.4) is 0 Å². The standard InChI is InChI=1S/C23H24N4O5S/c1-31-19-6-7-20-21(16-19)33-23(24-20)26(10-9-25-11-13-32-14-12-25)22(28)8-5-17-3-2-4-18(15-17)27(29)30/h2-8,15-16H,9-14H2,1H3/b8-5+. The molecule has 0 atom stereocenters. The van der Waals surface area contributed by atoms with Crippen molar-refractivity contribution in [3.05, 3.63) is 64.2 Å². The fraction of sp³-hybridized carbons (Fsp3) is 0.304. The number of carbonyl (C=O) groups excluding carboxylic acids is 1. The van der Waals surface area contributed by atoms with Crippen LogP contribution in [-0.4, -0.2) is 67.2 Å². The van der Waals surface area contributed by atoms with Gasteiger partial charge < -0.3 is 9.47 Å². The van der Waals surface area contributed by atoms with Gasteiger partial charge in [-0.05, 0) is 29.8 Å². The summed E-state index contributed by atoms with van der Waals surface area (Å²) in [5.74, 6) is 0.496. The van der Waals surface area contributed by atoms with Crippen LogP contribution >= 0.6 is 11.3 Å². The number of hydrogen-bond donors (Lipinski definition) is 0. The Kier molecular flexibility index (Phi) is 7.28. The number of nitro benzene ring substituents is 1. The monoisotopic (exact) mass is 468 g/mol. The van der Waals surface area contributed by atoms with Crippen LogP contribution in [0.2, 0.25) is 0 Å². The van der Waals surface area contributed by atoms with Gasteiger partial charge in [0.05, 0.1) is 35.5 Å². The number of ether oxygens (including phenoxy) is 2. The summed E-state index contributed by atoms with van der Waals surface area (Å²) in [7, 11) is 1.61. The smallest absolute Gasteiger partial charge is 0.270 e. The van der Waals surface area contributed by atoms with Gasteiger partial charge in [0.25, 0.3) is 11.6 Å². The van der Waals surface area contributed by atoms with Crippen molar-refractivity contribution in [1.29, 1.82) is 0 Å². The molecule has 0 bridgehead atoms. The molecular formula is C23H24N4O5S. The summed E-state index contributed by atoms with van der Waals surface area (Å²) in [5.41, 5.74) is 1.36. The predicted molar refractivity (Wildman–Crippen MR) is 128 cm³/mol. The lowest BCUT2D eigenvalue weighted by atomic mass is 10.2. The molecular weight excluding hydrogens is 444 g/mol. The molecule has 1 saturated heterocycles. The molecule has 0 N–H and O–H groups in total. The van der Waals surface area contributed by atoms with Crippen LogP contribution in [0.15, 0.2) is 48.5 Å². The van der Waals surface area contributed by atoms with E-state index < -0.39 is 4.92 Å². The molecule has 10 heteroatoms. The molecule has 4 rings (SSSR count). The summed E-state index contributed by atoms with van der Waals surface area (Å²) >= 11 is 1.43. The number of methoxy groups -OCH3 is 1. The number of benzene rings is 2. The third-order valence-corrected chi connectivity index (χ3v) is 6.37. The first-order valence-corrected chi connectivity index (χ1v) is 11.3. The average molecular weight is 469 g/mol. The summed E-state index contributed by atoms with van der Waals surface area (Å²) in [4.78, 5) is 32.4. The number of carbonyl (C=O) groups is 1. The predicted octanol–water partition coefficient (Wildman–Crippen LogP) is 3.59. The highest BCUT2D eigenvalue weighted by molar-refractivity contribution is 7.22. The van der Waals surface area contributed by atoms with Crippen molar-refractivity contribution in [2.24, 2.45) is 0 Å². The molecule has 33 heavy (non-hydrogen) atoms. The first kappa shape index (κ1) is 22.8. The molecule has 172 valence electrons. The molecule has 9 nitrogen and oxygen atoms in total. The maximum Gasteiger partial charge on any atom is 0.270 e. The number of nitro groups is 1. The molecule has 3 aromatic rings. The Labute approximate surface area is 195 Å². The first-order chi connectivity index (χ1) is 16.0. The molecule has 1 aliphatic rings. The van der Waals surface area contributed by atoms with E-state index in [1.165, 1.54) is 29.5 Å². The highest BCUT2D eigenvalue weighted by atomic mass is 32.1. The Morgan fingerprint density at radius 3 is 2.88 bits per heavy atom. The van der Waals surface area contributed by atoms with Crippen molar-refractivity contribution in [1.82, 2.24) is 9.88 Å². The second-order valence-electron chi connectivity index (χ2n) is 7.46.